The highest BCUT2D eigenvalue weighted by Gasteiger charge is 2.42. The van der Waals surface area contributed by atoms with Crippen molar-refractivity contribution in [2.45, 2.75) is 44.3 Å². The molecule has 0 aromatic heterocycles. The van der Waals surface area contributed by atoms with Crippen LogP contribution in [0.2, 0.25) is 0 Å². The summed E-state index contributed by atoms with van der Waals surface area (Å²) in [6, 6.07) is 19.3. The quantitative estimate of drug-likeness (QED) is 0.505. The molecule has 0 aliphatic carbocycles. The molecule has 4 heteroatoms. The lowest BCUT2D eigenvalue weighted by atomic mass is 9.84. The summed E-state index contributed by atoms with van der Waals surface area (Å²) in [4.78, 5) is 15.7. The van der Waals surface area contributed by atoms with Gasteiger partial charge in [-0.3, -0.25) is 9.69 Å². The fourth-order valence-electron chi connectivity index (χ4n) is 4.73. The van der Waals surface area contributed by atoms with Crippen molar-refractivity contribution in [1.82, 2.24) is 4.90 Å². The molecule has 2 unspecified atom stereocenters. The van der Waals surface area contributed by atoms with E-state index in [-0.39, 0.29) is 5.92 Å². The number of carbonyl (C=O) groups is 1. The normalized spacial score (nSPS) is 24.2. The molecule has 0 saturated carbocycles. The lowest BCUT2D eigenvalue weighted by Crippen LogP contribution is -2.44. The maximum atomic E-state index is 13.1. The number of ketones is 1. The molecule has 2 aliphatic rings. The minimum atomic E-state index is 0.143. The van der Waals surface area contributed by atoms with Crippen LogP contribution in [0.15, 0.2) is 54.6 Å². The van der Waals surface area contributed by atoms with Gasteiger partial charge in [0, 0.05) is 37.2 Å². The van der Waals surface area contributed by atoms with Gasteiger partial charge in [0.1, 0.15) is 12.4 Å². The molecular weight excluding hydrogens is 350 g/mol. The molecule has 2 heterocycles. The summed E-state index contributed by atoms with van der Waals surface area (Å²) in [5, 5.41) is 0. The van der Waals surface area contributed by atoms with Crippen molar-refractivity contribution < 1.29 is 14.3 Å². The molecule has 2 aromatic rings. The van der Waals surface area contributed by atoms with Crippen molar-refractivity contribution in [3.63, 3.8) is 0 Å². The van der Waals surface area contributed by atoms with Crippen LogP contribution in [0.4, 0.5) is 0 Å². The molecule has 0 spiro atoms. The second-order valence-corrected chi connectivity index (χ2v) is 7.94. The average molecular weight is 380 g/mol. The fourth-order valence-corrected chi connectivity index (χ4v) is 4.73. The number of carbonyl (C=O) groups excluding carboxylic acids is 1. The van der Waals surface area contributed by atoms with Gasteiger partial charge in [0.2, 0.25) is 0 Å². The molecule has 0 radical (unpaired) electrons. The number of piperidine rings is 1. The van der Waals surface area contributed by atoms with Crippen molar-refractivity contribution in [3.8, 4) is 5.75 Å². The van der Waals surface area contributed by atoms with Crippen molar-refractivity contribution in [3.05, 3.63) is 65.7 Å². The lowest BCUT2D eigenvalue weighted by molar-refractivity contribution is 0.0678. The van der Waals surface area contributed by atoms with Crippen LogP contribution in [0.1, 0.15) is 41.6 Å². The minimum Gasteiger partial charge on any atom is -0.491 e. The Labute approximate surface area is 167 Å². The lowest BCUT2D eigenvalue weighted by Gasteiger charge is -2.38. The molecule has 4 nitrogen and oxygen atoms in total. The van der Waals surface area contributed by atoms with Crippen LogP contribution in [0.3, 0.4) is 0 Å². The van der Waals surface area contributed by atoms with Gasteiger partial charge >= 0.3 is 0 Å². The Kier molecular flexibility index (Phi) is 6.08. The monoisotopic (exact) mass is 379 g/mol. The van der Waals surface area contributed by atoms with Gasteiger partial charge in [-0.25, -0.2) is 0 Å². The fraction of sp³-hybridized carbons (Fsp3) is 0.458. The molecule has 148 valence electrons. The van der Waals surface area contributed by atoms with Crippen molar-refractivity contribution in [2.24, 2.45) is 5.92 Å². The Hall–Kier alpha value is -2.17. The van der Waals surface area contributed by atoms with Gasteiger partial charge in [-0.15, -0.1) is 0 Å². The number of hydrogen-bond donors (Lipinski definition) is 0. The summed E-state index contributed by atoms with van der Waals surface area (Å²) >= 11 is 0. The number of ether oxygens (including phenoxy) is 2. The van der Waals surface area contributed by atoms with Crippen LogP contribution < -0.4 is 4.74 Å². The largest absolute Gasteiger partial charge is 0.491 e. The second kappa shape index (κ2) is 8.89. The first-order chi connectivity index (χ1) is 13.7. The Bertz CT molecular complexity index is 760. The van der Waals surface area contributed by atoms with Gasteiger partial charge in [-0.2, -0.15) is 0 Å². The summed E-state index contributed by atoms with van der Waals surface area (Å²) in [7, 11) is 1.66. The number of hydrogen-bond acceptors (Lipinski definition) is 4. The van der Waals surface area contributed by atoms with E-state index in [2.05, 4.69) is 35.2 Å². The van der Waals surface area contributed by atoms with Crippen molar-refractivity contribution in [1.29, 1.82) is 0 Å². The Morgan fingerprint density at radius 3 is 2.29 bits per heavy atom. The zero-order valence-electron chi connectivity index (χ0n) is 16.5. The zero-order chi connectivity index (χ0) is 19.3. The summed E-state index contributed by atoms with van der Waals surface area (Å²) in [5.74, 6) is 1.22. The molecule has 2 saturated heterocycles. The predicted octanol–water partition coefficient (Wildman–Crippen LogP) is 4.34. The average Bonchev–Trinajstić information content (AvgIpc) is 2.96. The third-order valence-corrected chi connectivity index (χ3v) is 6.16. The SMILES string of the molecule is COCCOc1ccc(C(=O)C2CC3CCC(C2)N3Cc2ccccc2)cc1. The molecule has 2 aliphatic heterocycles. The highest BCUT2D eigenvalue weighted by molar-refractivity contribution is 5.98. The Morgan fingerprint density at radius 1 is 0.964 bits per heavy atom. The van der Waals surface area contributed by atoms with Crippen LogP contribution in [-0.2, 0) is 11.3 Å². The van der Waals surface area contributed by atoms with Crippen LogP contribution in [0.25, 0.3) is 0 Å². The van der Waals surface area contributed by atoms with E-state index in [9.17, 15) is 4.79 Å². The van der Waals surface area contributed by atoms with Crippen molar-refractivity contribution >= 4 is 5.78 Å². The van der Waals surface area contributed by atoms with Gasteiger partial charge in [-0.05, 0) is 55.5 Å². The predicted molar refractivity (Wildman–Crippen MR) is 110 cm³/mol. The summed E-state index contributed by atoms with van der Waals surface area (Å²) in [5.41, 5.74) is 2.17. The third kappa shape index (κ3) is 4.29. The van der Waals surface area contributed by atoms with E-state index in [1.165, 1.54) is 18.4 Å². The van der Waals surface area contributed by atoms with Crippen LogP contribution >= 0.6 is 0 Å². The van der Waals surface area contributed by atoms with Gasteiger partial charge < -0.3 is 9.47 Å². The topological polar surface area (TPSA) is 38.8 Å². The van der Waals surface area contributed by atoms with E-state index in [1.54, 1.807) is 7.11 Å². The van der Waals surface area contributed by atoms with Gasteiger partial charge in [0.25, 0.3) is 0 Å². The highest BCUT2D eigenvalue weighted by Crippen LogP contribution is 2.40. The van der Waals surface area contributed by atoms with E-state index in [0.29, 0.717) is 31.1 Å². The molecule has 0 N–H and O–H groups in total. The molecule has 2 bridgehead atoms. The highest BCUT2D eigenvalue weighted by atomic mass is 16.5. The standard InChI is InChI=1S/C24H29NO3/c1-27-13-14-28-23-11-7-19(8-12-23)24(26)20-15-21-9-10-22(16-20)25(21)17-18-5-3-2-4-6-18/h2-8,11-12,20-22H,9-10,13-17H2,1H3. The maximum Gasteiger partial charge on any atom is 0.166 e. The minimum absolute atomic E-state index is 0.143. The summed E-state index contributed by atoms with van der Waals surface area (Å²) < 4.78 is 10.6. The van der Waals surface area contributed by atoms with Gasteiger partial charge in [0.15, 0.2) is 5.78 Å². The first kappa shape index (κ1) is 19.2. The summed E-state index contributed by atoms with van der Waals surface area (Å²) in [6.45, 7) is 2.09. The number of methoxy groups -OCH3 is 1. The van der Waals surface area contributed by atoms with E-state index < -0.39 is 0 Å². The Balaban J connectivity index is 1.37. The molecule has 0 amide bonds. The zero-order valence-corrected chi connectivity index (χ0v) is 16.5. The first-order valence-electron chi connectivity index (χ1n) is 10.3. The van der Waals surface area contributed by atoms with E-state index in [4.69, 9.17) is 9.47 Å². The number of nitrogens with zero attached hydrogens (tertiary/aromatic N) is 1. The number of Topliss-reactive ketones (excluding diaryl/α,β-unsaturated/α-hetero) is 1. The molecular formula is C24H29NO3. The summed E-state index contributed by atoms with van der Waals surface area (Å²) in [6.07, 6.45) is 4.39. The first-order valence-corrected chi connectivity index (χ1v) is 10.3. The number of benzene rings is 2. The van der Waals surface area contributed by atoms with Gasteiger partial charge in [-0.1, -0.05) is 30.3 Å². The second-order valence-electron chi connectivity index (χ2n) is 7.94. The molecule has 2 fully saturated rings. The van der Waals surface area contributed by atoms with E-state index >= 15 is 0 Å². The maximum absolute atomic E-state index is 13.1. The number of fused-ring (bicyclic) bond motifs is 2. The third-order valence-electron chi connectivity index (χ3n) is 6.16. The van der Waals surface area contributed by atoms with Crippen LogP contribution in [0.5, 0.6) is 5.75 Å². The smallest absolute Gasteiger partial charge is 0.166 e. The van der Waals surface area contributed by atoms with Crippen molar-refractivity contribution in [2.75, 3.05) is 20.3 Å². The molecule has 28 heavy (non-hydrogen) atoms. The molecule has 4 rings (SSSR count). The van der Waals surface area contributed by atoms with E-state index in [1.807, 2.05) is 24.3 Å². The molecule has 2 atom stereocenters. The van der Waals surface area contributed by atoms with Crippen LogP contribution in [-0.4, -0.2) is 43.1 Å². The van der Waals surface area contributed by atoms with Crippen LogP contribution in [0, 0.1) is 5.92 Å². The number of rotatable bonds is 8. The van der Waals surface area contributed by atoms with E-state index in [0.717, 1.165) is 30.7 Å². The molecule has 2 aromatic carbocycles. The Morgan fingerprint density at radius 2 is 1.64 bits per heavy atom. The van der Waals surface area contributed by atoms with Gasteiger partial charge in [0.05, 0.1) is 6.61 Å².